The third-order valence-electron chi connectivity index (χ3n) is 7.59. The predicted octanol–water partition coefficient (Wildman–Crippen LogP) is 8.57. The summed E-state index contributed by atoms with van der Waals surface area (Å²) in [7, 11) is 0. The summed E-state index contributed by atoms with van der Waals surface area (Å²) in [5.41, 5.74) is 10.9. The number of rotatable bonds is 5. The van der Waals surface area contributed by atoms with Gasteiger partial charge in [0.2, 0.25) is 0 Å². The number of ketones is 1. The zero-order chi connectivity index (χ0) is 29.5. The fourth-order valence-electron chi connectivity index (χ4n) is 5.59. The van der Waals surface area contributed by atoms with Crippen molar-refractivity contribution in [3.63, 3.8) is 0 Å². The van der Waals surface area contributed by atoms with Crippen molar-refractivity contribution in [1.82, 2.24) is 0 Å². The Morgan fingerprint density at radius 1 is 1.07 bits per heavy atom. The molecule has 2 N–H and O–H groups in total. The van der Waals surface area contributed by atoms with Crippen LogP contribution in [0.25, 0.3) is 0 Å². The van der Waals surface area contributed by atoms with E-state index in [1.54, 1.807) is 11.8 Å². The lowest BCUT2D eigenvalue weighted by molar-refractivity contribution is -0.137. The van der Waals surface area contributed by atoms with Crippen LogP contribution in [0.5, 0.6) is 0 Å². The van der Waals surface area contributed by atoms with Crippen LogP contribution in [-0.2, 0) is 16.7 Å². The second-order valence-electron chi connectivity index (χ2n) is 10.2. The van der Waals surface area contributed by atoms with Crippen LogP contribution in [0.4, 0.5) is 18.9 Å². The second kappa shape index (κ2) is 11.3. The van der Waals surface area contributed by atoms with Gasteiger partial charge in [-0.15, -0.1) is 11.8 Å². The Labute approximate surface area is 246 Å². The van der Waals surface area contributed by atoms with E-state index in [4.69, 9.17) is 17.3 Å². The van der Waals surface area contributed by atoms with Crippen LogP contribution < -0.4 is 10.6 Å². The number of Topliss-reactive ketones (excluding diaryl/α,β-unsaturated/α-hetero) is 1. The van der Waals surface area contributed by atoms with Gasteiger partial charge in [0.05, 0.1) is 23.1 Å². The van der Waals surface area contributed by atoms with Gasteiger partial charge >= 0.3 is 6.18 Å². The summed E-state index contributed by atoms with van der Waals surface area (Å²) < 4.78 is 40.7. The molecule has 0 fully saturated rings. The number of hydrogen-bond donors (Lipinski definition) is 1. The molecule has 3 aromatic rings. The van der Waals surface area contributed by atoms with E-state index in [1.165, 1.54) is 17.0 Å². The Hall–Kier alpha value is -3.67. The molecule has 4 nitrogen and oxygen atoms in total. The molecule has 1 aliphatic heterocycles. The number of thioether (sulfide) groups is 1. The highest BCUT2D eigenvalue weighted by Gasteiger charge is 2.41. The minimum atomic E-state index is -4.55. The molecule has 1 aliphatic carbocycles. The third kappa shape index (κ3) is 5.61. The summed E-state index contributed by atoms with van der Waals surface area (Å²) in [6.07, 6.45) is -3.25. The lowest BCUT2D eigenvalue weighted by Crippen LogP contribution is -2.39. The molecule has 0 saturated carbocycles. The second-order valence-corrected chi connectivity index (χ2v) is 11.7. The van der Waals surface area contributed by atoms with Crippen molar-refractivity contribution in [3.05, 3.63) is 116 Å². The van der Waals surface area contributed by atoms with E-state index in [1.807, 2.05) is 50.2 Å². The first-order valence-corrected chi connectivity index (χ1v) is 14.5. The van der Waals surface area contributed by atoms with Gasteiger partial charge in [-0.25, -0.2) is 0 Å². The molecule has 2 aliphatic rings. The minimum Gasteiger partial charge on any atom is -0.384 e. The molecule has 0 aromatic heterocycles. The quantitative estimate of drug-likeness (QED) is 0.300. The number of allylic oxidation sites excluding steroid dienone is 3. The average Bonchev–Trinajstić information content (AvgIpc) is 2.93. The zero-order valence-electron chi connectivity index (χ0n) is 22.5. The molecule has 1 atom stereocenters. The van der Waals surface area contributed by atoms with E-state index in [-0.39, 0.29) is 22.9 Å². The van der Waals surface area contributed by atoms with Gasteiger partial charge in [0, 0.05) is 39.0 Å². The summed E-state index contributed by atoms with van der Waals surface area (Å²) in [6, 6.07) is 18.7. The molecule has 0 amide bonds. The molecule has 0 spiro atoms. The molecule has 3 aromatic carbocycles. The maximum absolute atomic E-state index is 13.6. The maximum Gasteiger partial charge on any atom is 0.416 e. The van der Waals surface area contributed by atoms with E-state index < -0.39 is 17.7 Å². The van der Waals surface area contributed by atoms with Crippen LogP contribution in [0.3, 0.4) is 0 Å². The Balaban J connectivity index is 1.63. The van der Waals surface area contributed by atoms with Gasteiger partial charge in [-0.05, 0) is 91.4 Å². The molecule has 0 saturated heterocycles. The summed E-state index contributed by atoms with van der Waals surface area (Å²) in [6.45, 7) is 3.97. The van der Waals surface area contributed by atoms with Crippen molar-refractivity contribution < 1.29 is 18.0 Å². The van der Waals surface area contributed by atoms with Crippen molar-refractivity contribution in [1.29, 1.82) is 5.26 Å². The minimum absolute atomic E-state index is 0.0438. The Morgan fingerprint density at radius 2 is 1.80 bits per heavy atom. The number of carbonyl (C=O) groups is 1. The Bertz CT molecular complexity index is 1640. The lowest BCUT2D eigenvalue weighted by Gasteiger charge is -2.40. The number of alkyl halides is 3. The van der Waals surface area contributed by atoms with Crippen LogP contribution in [-0.4, -0.2) is 5.78 Å². The van der Waals surface area contributed by atoms with Gasteiger partial charge in [-0.3, -0.25) is 9.69 Å². The number of nitrogens with zero attached hydrogens (tertiary/aromatic N) is 2. The molecule has 9 heteroatoms. The van der Waals surface area contributed by atoms with Gasteiger partial charge in [0.1, 0.15) is 5.82 Å². The van der Waals surface area contributed by atoms with Crippen LogP contribution in [0.15, 0.2) is 88.2 Å². The van der Waals surface area contributed by atoms with Gasteiger partial charge in [-0.1, -0.05) is 29.8 Å². The molecule has 0 radical (unpaired) electrons. The number of carbonyl (C=O) groups excluding carboxylic acids is 1. The smallest absolute Gasteiger partial charge is 0.384 e. The predicted molar refractivity (Wildman–Crippen MR) is 156 cm³/mol. The van der Waals surface area contributed by atoms with Crippen LogP contribution in [0.1, 0.15) is 53.0 Å². The van der Waals surface area contributed by atoms with E-state index in [0.717, 1.165) is 39.3 Å². The highest BCUT2D eigenvalue weighted by Crippen LogP contribution is 2.48. The van der Waals surface area contributed by atoms with Crippen molar-refractivity contribution in [3.8, 4) is 6.07 Å². The first-order chi connectivity index (χ1) is 19.5. The number of benzene rings is 3. The highest BCUT2D eigenvalue weighted by molar-refractivity contribution is 7.98. The van der Waals surface area contributed by atoms with Crippen molar-refractivity contribution in [2.24, 2.45) is 5.73 Å². The highest BCUT2D eigenvalue weighted by atomic mass is 35.5. The van der Waals surface area contributed by atoms with Gasteiger partial charge in [0.15, 0.2) is 5.78 Å². The fraction of sp³-hybridized carbons (Fsp3) is 0.250. The number of halogens is 4. The number of anilines is 1. The molecule has 1 unspecified atom stereocenters. The number of aryl methyl sites for hydroxylation is 2. The molecular formula is C32H27ClF3N3OS. The summed E-state index contributed by atoms with van der Waals surface area (Å²) in [4.78, 5) is 16.1. The first-order valence-electron chi connectivity index (χ1n) is 13.1. The molecule has 0 bridgehead atoms. The van der Waals surface area contributed by atoms with Gasteiger partial charge in [-0.2, -0.15) is 18.4 Å². The zero-order valence-corrected chi connectivity index (χ0v) is 24.1. The largest absolute Gasteiger partial charge is 0.416 e. The Morgan fingerprint density at radius 3 is 2.49 bits per heavy atom. The first kappa shape index (κ1) is 28.8. The number of hydrogen-bond acceptors (Lipinski definition) is 5. The third-order valence-corrected chi connectivity index (χ3v) is 8.90. The monoisotopic (exact) mass is 593 g/mol. The molecule has 5 rings (SSSR count). The van der Waals surface area contributed by atoms with Crippen LogP contribution >= 0.6 is 23.4 Å². The maximum atomic E-state index is 13.6. The molecule has 41 heavy (non-hydrogen) atoms. The lowest BCUT2D eigenvalue weighted by atomic mass is 9.74. The van der Waals surface area contributed by atoms with Crippen LogP contribution in [0.2, 0.25) is 5.02 Å². The van der Waals surface area contributed by atoms with Crippen molar-refractivity contribution >= 4 is 34.8 Å². The number of nitrogens with two attached hydrogens (primary N) is 1. The van der Waals surface area contributed by atoms with Crippen LogP contribution in [0, 0.1) is 25.2 Å². The fourth-order valence-corrected chi connectivity index (χ4v) is 6.68. The Kier molecular flexibility index (Phi) is 7.95. The van der Waals surface area contributed by atoms with E-state index in [9.17, 15) is 23.2 Å². The van der Waals surface area contributed by atoms with E-state index in [0.29, 0.717) is 41.3 Å². The van der Waals surface area contributed by atoms with Gasteiger partial charge in [0.25, 0.3) is 0 Å². The van der Waals surface area contributed by atoms with E-state index in [2.05, 4.69) is 6.07 Å². The molecule has 210 valence electrons. The standard InChI is InChI=1S/C32H27ClF3N3OS/c1-18-13-19(2)25(14-20(18)17-41-24-11-9-22(33)10-12-24)29-26(16-37)31(38)39(27-7-4-8-28(40)30(27)29)23-6-3-5-21(15-23)32(34,35)36/h3,5-6,9-15,29H,4,7-8,17,38H2,1-2H3. The summed E-state index contributed by atoms with van der Waals surface area (Å²) in [5.74, 6) is -0.122. The van der Waals surface area contributed by atoms with Gasteiger partial charge < -0.3 is 5.73 Å². The summed E-state index contributed by atoms with van der Waals surface area (Å²) >= 11 is 7.68. The summed E-state index contributed by atoms with van der Waals surface area (Å²) in [5, 5.41) is 11.0. The molecule has 1 heterocycles. The van der Waals surface area contributed by atoms with Crippen molar-refractivity contribution in [2.45, 2.75) is 55.9 Å². The average molecular weight is 594 g/mol. The number of nitriles is 1. The normalized spacial score (nSPS) is 17.5. The molecular weight excluding hydrogens is 567 g/mol. The van der Waals surface area contributed by atoms with Crippen molar-refractivity contribution in [2.75, 3.05) is 4.90 Å². The SMILES string of the molecule is Cc1cc(C)c(C2C(C#N)=C(N)N(c3cccc(C(F)(F)F)c3)C3=C2C(=O)CCC3)cc1CSc1ccc(Cl)cc1. The van der Waals surface area contributed by atoms with E-state index >= 15 is 0 Å². The topological polar surface area (TPSA) is 70.1 Å².